The molecule has 0 bridgehead atoms. The molecular weight excluding hydrogens is 611 g/mol. The van der Waals surface area contributed by atoms with E-state index in [0.29, 0.717) is 12.2 Å². The highest BCUT2D eigenvalue weighted by Crippen LogP contribution is 2.31. The van der Waals surface area contributed by atoms with Gasteiger partial charge in [-0.05, 0) is 51.7 Å². The summed E-state index contributed by atoms with van der Waals surface area (Å²) in [5.74, 6) is -0.870. The fourth-order valence-electron chi connectivity index (χ4n) is 6.14. The van der Waals surface area contributed by atoms with Crippen molar-refractivity contribution in [3.63, 3.8) is 0 Å². The van der Waals surface area contributed by atoms with Crippen molar-refractivity contribution in [1.29, 1.82) is 0 Å². The van der Waals surface area contributed by atoms with Gasteiger partial charge in [-0.15, -0.1) is 0 Å². The summed E-state index contributed by atoms with van der Waals surface area (Å²) < 4.78 is 37.8. The molecule has 2 fully saturated rings. The molecule has 4 aromatic rings. The molecule has 46 heavy (non-hydrogen) atoms. The minimum Gasteiger partial charge on any atom is -0.333 e. The van der Waals surface area contributed by atoms with E-state index < -0.39 is 29.1 Å². The molecule has 238 valence electrons. The van der Waals surface area contributed by atoms with Crippen LogP contribution in [0.1, 0.15) is 16.7 Å². The molecule has 6 rings (SSSR count). The third-order valence-corrected chi connectivity index (χ3v) is 8.89. The molecule has 0 aromatic heterocycles. The SMILES string of the molecule is CN(C(=O)NCc1ccc(F)cc1)N1CC(=O)N2[C@@H](Cc3ccc(N[SH](=O)=O)cc3)C(=O)N(Cc3cccc4ccccc34)C[C@@H]21. The lowest BCUT2D eigenvalue weighted by atomic mass is 9.99. The third-order valence-electron chi connectivity index (χ3n) is 8.45. The number of amides is 4. The Morgan fingerprint density at radius 2 is 1.63 bits per heavy atom. The summed E-state index contributed by atoms with van der Waals surface area (Å²) in [6, 6.07) is 25.1. The number of carbonyl (C=O) groups is 3. The maximum absolute atomic E-state index is 14.2. The van der Waals surface area contributed by atoms with Crippen LogP contribution in [0.5, 0.6) is 0 Å². The minimum absolute atomic E-state index is 0.101. The topological polar surface area (TPSA) is 122 Å². The Kier molecular flexibility index (Phi) is 8.86. The highest BCUT2D eigenvalue weighted by Gasteiger charge is 2.51. The van der Waals surface area contributed by atoms with Gasteiger partial charge in [0.15, 0.2) is 0 Å². The minimum atomic E-state index is -2.82. The van der Waals surface area contributed by atoms with E-state index in [-0.39, 0.29) is 43.7 Å². The first-order chi connectivity index (χ1) is 22.2. The van der Waals surface area contributed by atoms with Crippen LogP contribution in [-0.4, -0.2) is 78.4 Å². The molecule has 2 aliphatic heterocycles. The summed E-state index contributed by atoms with van der Waals surface area (Å²) in [7, 11) is -1.25. The number of fused-ring (bicyclic) bond motifs is 2. The molecule has 0 aliphatic carbocycles. The first kappa shape index (κ1) is 31.0. The van der Waals surface area contributed by atoms with Gasteiger partial charge in [-0.2, -0.15) is 5.01 Å². The Labute approximate surface area is 267 Å². The summed E-state index contributed by atoms with van der Waals surface area (Å²) in [6.45, 7) is 0.554. The van der Waals surface area contributed by atoms with Gasteiger partial charge in [-0.3, -0.25) is 19.3 Å². The lowest BCUT2D eigenvalue weighted by Gasteiger charge is -2.46. The number of hydrogen-bond acceptors (Lipinski definition) is 6. The molecule has 0 unspecified atom stereocenters. The van der Waals surface area contributed by atoms with Gasteiger partial charge in [0, 0.05) is 32.2 Å². The van der Waals surface area contributed by atoms with Crippen molar-refractivity contribution in [3.8, 4) is 0 Å². The smallest absolute Gasteiger partial charge is 0.332 e. The molecule has 2 heterocycles. The molecule has 2 saturated heterocycles. The van der Waals surface area contributed by atoms with Crippen LogP contribution in [0.15, 0.2) is 91.0 Å². The number of nitrogens with one attached hydrogen (secondary N) is 2. The number of rotatable bonds is 9. The van der Waals surface area contributed by atoms with Crippen molar-refractivity contribution in [2.24, 2.45) is 0 Å². The number of benzene rings is 4. The Morgan fingerprint density at radius 1 is 0.935 bits per heavy atom. The monoisotopic (exact) mass is 644 g/mol. The number of hydrogen-bond donors (Lipinski definition) is 3. The summed E-state index contributed by atoms with van der Waals surface area (Å²) in [6.07, 6.45) is -0.414. The molecule has 0 radical (unpaired) electrons. The molecule has 0 spiro atoms. The Balaban J connectivity index is 1.27. The molecule has 2 atom stereocenters. The zero-order valence-corrected chi connectivity index (χ0v) is 25.9. The first-order valence-corrected chi connectivity index (χ1v) is 15.9. The normalized spacial score (nSPS) is 18.2. The first-order valence-electron chi connectivity index (χ1n) is 14.8. The van der Waals surface area contributed by atoms with E-state index in [1.165, 1.54) is 17.1 Å². The van der Waals surface area contributed by atoms with Crippen LogP contribution in [-0.2, 0) is 40.0 Å². The molecule has 2 N–H and O–H groups in total. The van der Waals surface area contributed by atoms with Gasteiger partial charge >= 0.3 is 6.03 Å². The van der Waals surface area contributed by atoms with Crippen LogP contribution in [0.2, 0.25) is 0 Å². The molecule has 11 nitrogen and oxygen atoms in total. The van der Waals surface area contributed by atoms with Crippen molar-refractivity contribution in [1.82, 2.24) is 25.1 Å². The molecular formula is C33H33FN6O5S. The van der Waals surface area contributed by atoms with E-state index in [4.69, 9.17) is 0 Å². The maximum Gasteiger partial charge on any atom is 0.332 e. The van der Waals surface area contributed by atoms with E-state index in [0.717, 1.165) is 27.5 Å². The van der Waals surface area contributed by atoms with Crippen LogP contribution < -0.4 is 10.0 Å². The van der Waals surface area contributed by atoms with Crippen molar-refractivity contribution in [2.45, 2.75) is 31.7 Å². The van der Waals surface area contributed by atoms with Gasteiger partial charge in [0.1, 0.15) is 18.0 Å². The van der Waals surface area contributed by atoms with Crippen LogP contribution in [0.4, 0.5) is 14.9 Å². The second kappa shape index (κ2) is 13.2. The Hall–Kier alpha value is -5.01. The predicted octanol–water partition coefficient (Wildman–Crippen LogP) is 3.10. The third kappa shape index (κ3) is 6.51. The van der Waals surface area contributed by atoms with Crippen molar-refractivity contribution >= 4 is 45.2 Å². The molecule has 2 aliphatic rings. The van der Waals surface area contributed by atoms with E-state index in [1.807, 2.05) is 42.5 Å². The average molecular weight is 645 g/mol. The molecule has 13 heteroatoms. The number of nitrogens with zero attached hydrogens (tertiary/aromatic N) is 4. The number of piperazine rings is 1. The van der Waals surface area contributed by atoms with Crippen LogP contribution in [0.3, 0.4) is 0 Å². The molecule has 0 saturated carbocycles. The number of anilines is 1. The van der Waals surface area contributed by atoms with Crippen molar-refractivity contribution in [2.75, 3.05) is 24.9 Å². The number of thiol groups is 1. The lowest BCUT2D eigenvalue weighted by molar-refractivity contribution is -0.157. The van der Waals surface area contributed by atoms with E-state index in [1.54, 1.807) is 58.3 Å². The quantitative estimate of drug-likeness (QED) is 0.241. The maximum atomic E-state index is 14.2. The summed E-state index contributed by atoms with van der Waals surface area (Å²) in [5, 5.41) is 7.91. The molecule has 4 aromatic carbocycles. The van der Waals surface area contributed by atoms with Crippen LogP contribution in [0.25, 0.3) is 10.8 Å². The fourth-order valence-corrected chi connectivity index (χ4v) is 6.50. The van der Waals surface area contributed by atoms with Gasteiger partial charge < -0.3 is 15.1 Å². The van der Waals surface area contributed by atoms with E-state index >= 15 is 0 Å². The lowest BCUT2D eigenvalue weighted by Crippen LogP contribution is -2.65. The summed E-state index contributed by atoms with van der Waals surface area (Å²) in [4.78, 5) is 44.3. The van der Waals surface area contributed by atoms with Crippen LogP contribution in [0, 0.1) is 5.82 Å². The van der Waals surface area contributed by atoms with Gasteiger partial charge in [0.2, 0.25) is 22.7 Å². The zero-order valence-electron chi connectivity index (χ0n) is 25.0. The Bertz CT molecular complexity index is 1840. The largest absolute Gasteiger partial charge is 0.333 e. The fraction of sp³-hybridized carbons (Fsp3) is 0.242. The van der Waals surface area contributed by atoms with Crippen molar-refractivity contribution < 1.29 is 27.2 Å². The summed E-state index contributed by atoms with van der Waals surface area (Å²) in [5.41, 5.74) is 2.81. The van der Waals surface area contributed by atoms with Gasteiger partial charge in [0.25, 0.3) is 0 Å². The second-order valence-corrected chi connectivity index (χ2v) is 12.1. The average Bonchev–Trinajstić information content (AvgIpc) is 3.38. The number of halogens is 1. The highest BCUT2D eigenvalue weighted by atomic mass is 32.2. The van der Waals surface area contributed by atoms with Gasteiger partial charge in [-0.1, -0.05) is 66.7 Å². The predicted molar refractivity (Wildman–Crippen MR) is 171 cm³/mol. The van der Waals surface area contributed by atoms with Crippen LogP contribution >= 0.6 is 0 Å². The van der Waals surface area contributed by atoms with E-state index in [9.17, 15) is 27.2 Å². The Morgan fingerprint density at radius 3 is 2.37 bits per heavy atom. The number of hydrazine groups is 1. The van der Waals surface area contributed by atoms with Crippen molar-refractivity contribution in [3.05, 3.63) is 114 Å². The highest BCUT2D eigenvalue weighted by molar-refractivity contribution is 7.73. The van der Waals surface area contributed by atoms with E-state index in [2.05, 4.69) is 10.0 Å². The van der Waals surface area contributed by atoms with Gasteiger partial charge in [-0.25, -0.2) is 17.6 Å². The number of urea groups is 1. The summed E-state index contributed by atoms with van der Waals surface area (Å²) >= 11 is 0. The second-order valence-electron chi connectivity index (χ2n) is 11.3. The molecule has 4 amide bonds. The standard InChI is InChI=1S/C33H33FN6O5S/c1-37(33(43)35-18-23-9-13-26(34)14-10-23)39-21-31(41)40-29(17-22-11-15-27(16-12-22)36-46(44)45)32(42)38(20-30(39)40)19-25-7-4-6-24-5-2-3-8-28(24)25/h2-16,29-30,46H,17-21H2,1H3,(H,35,43)(H,36,44,45)/t29-,30+/m0/s1. The zero-order chi connectivity index (χ0) is 32.4. The van der Waals surface area contributed by atoms with Gasteiger partial charge in [0.05, 0.1) is 13.1 Å². The number of carbonyl (C=O) groups excluding carboxylic acids is 3.